The van der Waals surface area contributed by atoms with Crippen LogP contribution >= 0.6 is 0 Å². The third-order valence-electron chi connectivity index (χ3n) is 6.09. The van der Waals surface area contributed by atoms with Crippen LogP contribution in [0.2, 0.25) is 0 Å². The van der Waals surface area contributed by atoms with Crippen molar-refractivity contribution < 1.29 is 23.8 Å². The molecule has 3 N–H and O–H groups in total. The Hall–Kier alpha value is -4.50. The molecular weight excluding hydrogens is 481 g/mol. The number of hydrogen-bond donors (Lipinski definition) is 3. The molecule has 0 spiro atoms. The van der Waals surface area contributed by atoms with Gasteiger partial charge in [-0.05, 0) is 36.4 Å². The number of carbonyl (C=O) groups is 1. The number of carbonyl (C=O) groups excluding carboxylic acids is 1. The first-order chi connectivity index (χ1) is 18.0. The number of nitriles is 1. The van der Waals surface area contributed by atoms with Crippen LogP contribution in [0, 0.1) is 11.3 Å². The Bertz CT molecular complexity index is 1350. The van der Waals surface area contributed by atoms with Gasteiger partial charge in [0.15, 0.2) is 12.0 Å². The molecule has 2 aromatic carbocycles. The van der Waals surface area contributed by atoms with Crippen LogP contribution in [0.1, 0.15) is 12.0 Å². The van der Waals surface area contributed by atoms with Crippen LogP contribution in [0.25, 0.3) is 11.4 Å². The number of aliphatic hydroxyl groups excluding tert-OH is 1. The van der Waals surface area contributed by atoms with E-state index in [0.717, 1.165) is 23.7 Å². The number of hydrogen-bond acceptors (Lipinski definition) is 10. The Labute approximate surface area is 211 Å². The van der Waals surface area contributed by atoms with Crippen LogP contribution in [0.4, 0.5) is 21.7 Å². The fraction of sp³-hybridized carbons (Fsp3) is 0.320. The zero-order valence-corrected chi connectivity index (χ0v) is 19.7. The third kappa shape index (κ3) is 5.36. The van der Waals surface area contributed by atoms with E-state index in [1.165, 1.54) is 11.2 Å². The molecule has 190 valence electrons. The Kier molecular flexibility index (Phi) is 6.96. The fourth-order valence-electron chi connectivity index (χ4n) is 4.21. The maximum absolute atomic E-state index is 14.6. The van der Waals surface area contributed by atoms with Crippen LogP contribution in [0.15, 0.2) is 42.7 Å². The van der Waals surface area contributed by atoms with Crippen molar-refractivity contribution in [1.82, 2.24) is 19.9 Å². The van der Waals surface area contributed by atoms with Crippen LogP contribution < -0.4 is 20.1 Å². The van der Waals surface area contributed by atoms with Gasteiger partial charge in [-0.2, -0.15) is 10.2 Å². The lowest BCUT2D eigenvalue weighted by Crippen LogP contribution is -2.50. The van der Waals surface area contributed by atoms with Crippen molar-refractivity contribution in [3.05, 3.63) is 48.3 Å². The molecule has 5 rings (SSSR count). The van der Waals surface area contributed by atoms with Gasteiger partial charge in [0.2, 0.25) is 11.9 Å². The largest absolute Gasteiger partial charge is 0.490 e. The summed E-state index contributed by atoms with van der Waals surface area (Å²) in [5.74, 6) is 1.16. The van der Waals surface area contributed by atoms with Gasteiger partial charge in [-0.1, -0.05) is 0 Å². The van der Waals surface area contributed by atoms with E-state index in [1.54, 1.807) is 18.2 Å². The highest BCUT2D eigenvalue weighted by Crippen LogP contribution is 2.31. The summed E-state index contributed by atoms with van der Waals surface area (Å²) >= 11 is 0. The molecule has 37 heavy (non-hydrogen) atoms. The maximum Gasteiger partial charge on any atom is 0.248 e. The highest BCUT2D eigenvalue weighted by molar-refractivity contribution is 5.77. The van der Waals surface area contributed by atoms with Crippen molar-refractivity contribution in [3.8, 4) is 29.0 Å². The first kappa shape index (κ1) is 24.2. The summed E-state index contributed by atoms with van der Waals surface area (Å²) in [5, 5.41) is 25.1. The van der Waals surface area contributed by atoms with Gasteiger partial charge in [0.1, 0.15) is 43.2 Å². The predicted molar refractivity (Wildman–Crippen MR) is 131 cm³/mol. The molecule has 1 fully saturated rings. The molecule has 3 heterocycles. The van der Waals surface area contributed by atoms with E-state index in [1.807, 2.05) is 18.2 Å². The van der Waals surface area contributed by atoms with Gasteiger partial charge in [-0.25, -0.2) is 14.4 Å². The average molecular weight is 506 g/mol. The number of benzene rings is 2. The lowest BCUT2D eigenvalue weighted by atomic mass is 10.0. The van der Waals surface area contributed by atoms with E-state index >= 15 is 0 Å². The summed E-state index contributed by atoms with van der Waals surface area (Å²) in [6.45, 7) is 0.772. The summed E-state index contributed by atoms with van der Waals surface area (Å²) in [7, 11) is 0. The molecule has 2 aliphatic rings. The van der Waals surface area contributed by atoms with Gasteiger partial charge < -0.3 is 30.1 Å². The number of likely N-dealkylation sites (tertiary alicyclic amines) is 1. The zero-order chi connectivity index (χ0) is 25.8. The van der Waals surface area contributed by atoms with Gasteiger partial charge in [0.25, 0.3) is 0 Å². The molecule has 1 saturated heterocycles. The monoisotopic (exact) mass is 505 g/mol. The van der Waals surface area contributed by atoms with Crippen molar-refractivity contribution in [2.75, 3.05) is 43.5 Å². The first-order valence-corrected chi connectivity index (χ1v) is 11.7. The van der Waals surface area contributed by atoms with E-state index in [-0.39, 0.29) is 30.8 Å². The molecule has 2 unspecified atom stereocenters. The molecule has 1 aromatic heterocycles. The number of nitrogens with one attached hydrogen (secondary N) is 2. The molecule has 0 aliphatic carbocycles. The summed E-state index contributed by atoms with van der Waals surface area (Å²) in [6.07, 6.45) is -0.647. The van der Waals surface area contributed by atoms with Gasteiger partial charge in [0.05, 0.1) is 17.8 Å². The smallest absolute Gasteiger partial charge is 0.248 e. The molecule has 0 saturated carbocycles. The van der Waals surface area contributed by atoms with E-state index in [9.17, 15) is 14.4 Å². The fourth-order valence-corrected chi connectivity index (χ4v) is 4.21. The number of anilines is 3. The standard InChI is InChI=1S/C25H24FN7O4/c26-18-12-33(23(35)13-34)7-5-21(18)37-20-3-1-15(9-16(20)11-27)24-29-14-30-25(32-24)31-17-2-4-22-19(10-17)28-6-8-36-22/h1-4,9-10,14,18,21,28,34H,5-8,12-13H2,(H,29,30,31,32). The summed E-state index contributed by atoms with van der Waals surface area (Å²) in [4.78, 5) is 25.8. The van der Waals surface area contributed by atoms with Gasteiger partial charge in [-0.3, -0.25) is 4.79 Å². The molecule has 2 atom stereocenters. The van der Waals surface area contributed by atoms with Crippen molar-refractivity contribution in [1.29, 1.82) is 5.26 Å². The second-order valence-corrected chi connectivity index (χ2v) is 8.53. The first-order valence-electron chi connectivity index (χ1n) is 11.7. The number of amides is 1. The quantitative estimate of drug-likeness (QED) is 0.456. The summed E-state index contributed by atoms with van der Waals surface area (Å²) in [6, 6.07) is 12.5. The lowest BCUT2D eigenvalue weighted by molar-refractivity contribution is -0.138. The predicted octanol–water partition coefficient (Wildman–Crippen LogP) is 2.27. The number of halogens is 1. The maximum atomic E-state index is 14.6. The van der Waals surface area contributed by atoms with Gasteiger partial charge in [0, 0.05) is 30.8 Å². The number of aromatic nitrogens is 3. The SMILES string of the molecule is N#Cc1cc(-c2ncnc(Nc3ccc4c(c3)NCCO4)n2)ccc1OC1CCN(C(=O)CO)CC1F. The zero-order valence-electron chi connectivity index (χ0n) is 19.7. The second-order valence-electron chi connectivity index (χ2n) is 8.53. The number of rotatable bonds is 6. The topological polar surface area (TPSA) is 146 Å². The summed E-state index contributed by atoms with van der Waals surface area (Å²) in [5.41, 5.74) is 2.41. The van der Waals surface area contributed by atoms with Crippen molar-refractivity contribution in [2.24, 2.45) is 0 Å². The highest BCUT2D eigenvalue weighted by Gasteiger charge is 2.33. The number of fused-ring (bicyclic) bond motifs is 1. The van der Waals surface area contributed by atoms with Crippen molar-refractivity contribution in [3.63, 3.8) is 0 Å². The van der Waals surface area contributed by atoms with Gasteiger partial charge >= 0.3 is 0 Å². The molecule has 2 aliphatic heterocycles. The van der Waals surface area contributed by atoms with Crippen LogP contribution in [0.5, 0.6) is 11.5 Å². The number of alkyl halides is 1. The minimum atomic E-state index is -1.45. The van der Waals surface area contributed by atoms with Crippen molar-refractivity contribution in [2.45, 2.75) is 18.7 Å². The normalized spacial score (nSPS) is 18.6. The highest BCUT2D eigenvalue weighted by atomic mass is 19.1. The van der Waals surface area contributed by atoms with Crippen LogP contribution in [-0.2, 0) is 4.79 Å². The van der Waals surface area contributed by atoms with Crippen LogP contribution in [-0.4, -0.2) is 76.0 Å². The number of nitrogens with zero attached hydrogens (tertiary/aromatic N) is 5. The third-order valence-corrected chi connectivity index (χ3v) is 6.09. The molecule has 11 nitrogen and oxygen atoms in total. The molecule has 1 amide bonds. The van der Waals surface area contributed by atoms with Crippen LogP contribution in [0.3, 0.4) is 0 Å². The minimum absolute atomic E-state index is 0.169. The summed E-state index contributed by atoms with van der Waals surface area (Å²) < 4.78 is 26.1. The number of piperidine rings is 1. The van der Waals surface area contributed by atoms with E-state index in [0.29, 0.717) is 23.9 Å². The van der Waals surface area contributed by atoms with E-state index in [2.05, 4.69) is 31.7 Å². The van der Waals surface area contributed by atoms with E-state index in [4.69, 9.17) is 14.6 Å². The number of ether oxygens (including phenoxy) is 2. The minimum Gasteiger partial charge on any atom is -0.490 e. The number of aliphatic hydroxyl groups is 1. The second kappa shape index (κ2) is 10.6. The Morgan fingerprint density at radius 1 is 1.32 bits per heavy atom. The molecular formula is C25H24FN7O4. The Morgan fingerprint density at radius 2 is 2.22 bits per heavy atom. The Balaban J connectivity index is 1.30. The molecule has 3 aromatic rings. The molecule has 0 bridgehead atoms. The van der Waals surface area contributed by atoms with Gasteiger partial charge in [-0.15, -0.1) is 0 Å². The van der Waals surface area contributed by atoms with Crippen molar-refractivity contribution >= 4 is 23.2 Å². The molecule has 0 radical (unpaired) electrons. The lowest BCUT2D eigenvalue weighted by Gasteiger charge is -2.34. The Morgan fingerprint density at radius 3 is 3.03 bits per heavy atom. The average Bonchev–Trinajstić information content (AvgIpc) is 2.94. The van der Waals surface area contributed by atoms with E-state index < -0.39 is 24.8 Å². The molecule has 12 heteroatoms.